The molecule has 0 aromatic heterocycles. The highest BCUT2D eigenvalue weighted by Crippen LogP contribution is 2.13. The first-order chi connectivity index (χ1) is 5.45. The maximum absolute atomic E-state index is 10.8. The molecule has 0 aliphatic carbocycles. The van der Waals surface area contributed by atoms with Gasteiger partial charge in [0.1, 0.15) is 12.3 Å². The molecule has 1 unspecified atom stereocenters. The van der Waals surface area contributed by atoms with Crippen molar-refractivity contribution < 1.29 is 18.7 Å². The second-order valence-corrected chi connectivity index (χ2v) is 3.97. The highest BCUT2D eigenvalue weighted by atomic mass is 31.1. The van der Waals surface area contributed by atoms with E-state index in [1.165, 1.54) is 13.8 Å². The first-order valence-electron chi connectivity index (χ1n) is 3.41. The molecule has 0 fully saturated rings. The van der Waals surface area contributed by atoms with Crippen molar-refractivity contribution in [1.82, 2.24) is 0 Å². The van der Waals surface area contributed by atoms with Crippen LogP contribution in [-0.2, 0) is 18.7 Å². The Bertz CT molecular complexity index is 246. The number of ether oxygens (including phenoxy) is 1. The zero-order valence-electron chi connectivity index (χ0n) is 7.07. The smallest absolute Gasteiger partial charge is 0.333 e. The van der Waals surface area contributed by atoms with Crippen molar-refractivity contribution in [3.8, 4) is 0 Å². The molecule has 0 rings (SSSR count). The van der Waals surface area contributed by atoms with Crippen molar-refractivity contribution in [1.29, 1.82) is 0 Å². The quantitative estimate of drug-likeness (QED) is 0.384. The lowest BCUT2D eigenvalue weighted by molar-refractivity contribution is -0.138. The van der Waals surface area contributed by atoms with Gasteiger partial charge in [0.25, 0.3) is 0 Å². The van der Waals surface area contributed by atoms with E-state index in [9.17, 15) is 13.9 Å². The van der Waals surface area contributed by atoms with E-state index >= 15 is 0 Å². The fourth-order valence-electron chi connectivity index (χ4n) is 0.380. The average molecular weight is 190 g/mol. The molecule has 0 N–H and O–H groups in total. The van der Waals surface area contributed by atoms with Crippen LogP contribution in [0, 0.1) is 0 Å². The van der Waals surface area contributed by atoms with E-state index in [-0.39, 0.29) is 12.2 Å². The number of rotatable bonds is 4. The normalized spacial score (nSPS) is 11.8. The van der Waals surface area contributed by atoms with Crippen molar-refractivity contribution in [2.75, 3.05) is 6.61 Å². The molecule has 5 heteroatoms. The Kier molecular flexibility index (Phi) is 4.52. The van der Waals surface area contributed by atoms with Gasteiger partial charge in [0.05, 0.1) is 0 Å². The molecule has 68 valence electrons. The van der Waals surface area contributed by atoms with Crippen LogP contribution in [0.25, 0.3) is 0 Å². The summed E-state index contributed by atoms with van der Waals surface area (Å²) in [6, 6.07) is 0. The van der Waals surface area contributed by atoms with Crippen LogP contribution < -0.4 is 0 Å². The number of hydrogen-bond donors (Lipinski definition) is 0. The molecule has 0 heterocycles. The predicted molar refractivity (Wildman–Crippen MR) is 43.5 cm³/mol. The maximum atomic E-state index is 10.8. The lowest BCUT2D eigenvalue weighted by atomic mass is 10.4. The summed E-state index contributed by atoms with van der Waals surface area (Å²) in [5.74, 6) is -0.557. The van der Waals surface area contributed by atoms with Crippen molar-refractivity contribution in [2.45, 2.75) is 19.5 Å². The summed E-state index contributed by atoms with van der Waals surface area (Å²) in [7, 11) is -2.52. The molecular formula is C7H11O4P. The Labute approximate surface area is 71.4 Å². The largest absolute Gasteiger partial charge is 0.461 e. The molecule has 0 aromatic rings. The summed E-state index contributed by atoms with van der Waals surface area (Å²) in [6.07, 6.45) is 0. The van der Waals surface area contributed by atoms with Crippen LogP contribution >= 0.6 is 7.68 Å². The number of esters is 1. The highest BCUT2D eigenvalue weighted by Gasteiger charge is 2.11. The van der Waals surface area contributed by atoms with Gasteiger partial charge in [-0.2, -0.15) is 0 Å². The van der Waals surface area contributed by atoms with Gasteiger partial charge in [0.2, 0.25) is 0 Å². The van der Waals surface area contributed by atoms with Gasteiger partial charge in [-0.1, -0.05) is 6.58 Å². The van der Waals surface area contributed by atoms with Gasteiger partial charge in [-0.3, -0.25) is 0 Å². The van der Waals surface area contributed by atoms with Crippen LogP contribution in [0.2, 0.25) is 0 Å². The van der Waals surface area contributed by atoms with Crippen molar-refractivity contribution in [3.63, 3.8) is 0 Å². The summed E-state index contributed by atoms with van der Waals surface area (Å²) in [5.41, 5.74) is -0.369. The molecule has 12 heavy (non-hydrogen) atoms. The van der Waals surface area contributed by atoms with Crippen molar-refractivity contribution in [2.24, 2.45) is 0 Å². The lowest BCUT2D eigenvalue weighted by Gasteiger charge is -2.04. The van der Waals surface area contributed by atoms with E-state index in [1.807, 2.05) is 0 Å². The summed E-state index contributed by atoms with van der Waals surface area (Å²) in [6.45, 7) is 6.22. The fraction of sp³-hybridized carbons (Fsp3) is 0.571. The molecule has 0 bridgehead atoms. The predicted octanol–water partition coefficient (Wildman–Crippen LogP) is 1.67. The minimum absolute atomic E-state index is 0.107. The van der Waals surface area contributed by atoms with Gasteiger partial charge < -0.3 is 4.74 Å². The van der Waals surface area contributed by atoms with Gasteiger partial charge >= 0.3 is 13.6 Å². The maximum Gasteiger partial charge on any atom is 0.333 e. The van der Waals surface area contributed by atoms with E-state index < -0.39 is 19.3 Å². The monoisotopic (exact) mass is 190 g/mol. The van der Waals surface area contributed by atoms with Crippen molar-refractivity contribution >= 4 is 13.6 Å². The zero-order chi connectivity index (χ0) is 9.72. The third kappa shape index (κ3) is 4.09. The number of hydrogen-bond acceptors (Lipinski definition) is 4. The SMILES string of the molecule is C=C(C)C(=O)OCC(C)P(=O)=O. The van der Waals surface area contributed by atoms with E-state index in [0.29, 0.717) is 0 Å². The zero-order valence-corrected chi connectivity index (χ0v) is 7.97. The molecule has 0 saturated heterocycles. The highest BCUT2D eigenvalue weighted by molar-refractivity contribution is 7.31. The van der Waals surface area contributed by atoms with Crippen molar-refractivity contribution in [3.05, 3.63) is 12.2 Å². The second kappa shape index (κ2) is 4.88. The minimum atomic E-state index is -2.52. The summed E-state index contributed by atoms with van der Waals surface area (Å²) < 4.78 is 25.2. The van der Waals surface area contributed by atoms with Crippen LogP contribution in [0.4, 0.5) is 0 Å². The molecular weight excluding hydrogens is 179 g/mol. The first-order valence-corrected chi connectivity index (χ1v) is 4.66. The molecule has 0 amide bonds. The Hall–Kier alpha value is -0.890. The molecule has 0 aromatic carbocycles. The summed E-state index contributed by atoms with van der Waals surface area (Å²) >= 11 is 0. The van der Waals surface area contributed by atoms with Crippen LogP contribution in [0.1, 0.15) is 13.8 Å². The molecule has 0 saturated carbocycles. The van der Waals surface area contributed by atoms with Crippen LogP contribution in [-0.4, -0.2) is 18.2 Å². The van der Waals surface area contributed by atoms with Gasteiger partial charge in [0.15, 0.2) is 0 Å². The van der Waals surface area contributed by atoms with Gasteiger partial charge in [0, 0.05) is 5.57 Å². The summed E-state index contributed by atoms with van der Waals surface area (Å²) in [4.78, 5) is 10.8. The average Bonchev–Trinajstić information content (AvgIpc) is 1.98. The third-order valence-electron chi connectivity index (χ3n) is 1.16. The molecule has 0 spiro atoms. The standard InChI is InChI=1S/C7H11O4P/c1-5(2)7(8)11-4-6(3)12(9)10/h6H,1,4H2,2-3H3. The Morgan fingerprint density at radius 3 is 2.42 bits per heavy atom. The fourth-order valence-corrected chi connectivity index (χ4v) is 0.577. The molecule has 1 atom stereocenters. The summed E-state index contributed by atoms with van der Waals surface area (Å²) in [5, 5.41) is 0. The molecule has 4 nitrogen and oxygen atoms in total. The van der Waals surface area contributed by atoms with Gasteiger partial charge in [-0.05, 0) is 13.8 Å². The first kappa shape index (κ1) is 11.1. The second-order valence-electron chi connectivity index (χ2n) is 2.51. The van der Waals surface area contributed by atoms with Crippen LogP contribution in [0.15, 0.2) is 12.2 Å². The molecule has 0 aliphatic heterocycles. The van der Waals surface area contributed by atoms with E-state index in [0.717, 1.165) is 0 Å². The number of carbonyl (C=O) groups excluding carboxylic acids is 1. The van der Waals surface area contributed by atoms with Crippen LogP contribution in [0.3, 0.4) is 0 Å². The van der Waals surface area contributed by atoms with E-state index in [2.05, 4.69) is 11.3 Å². The Morgan fingerprint density at radius 2 is 2.08 bits per heavy atom. The number of carbonyl (C=O) groups is 1. The molecule has 0 aliphatic rings. The van der Waals surface area contributed by atoms with Gasteiger partial charge in [-0.15, -0.1) is 0 Å². The molecule has 0 radical (unpaired) electrons. The topological polar surface area (TPSA) is 60.4 Å². The van der Waals surface area contributed by atoms with E-state index in [4.69, 9.17) is 0 Å². The van der Waals surface area contributed by atoms with Crippen LogP contribution in [0.5, 0.6) is 0 Å². The Balaban J connectivity index is 3.84. The Morgan fingerprint density at radius 1 is 1.58 bits per heavy atom. The van der Waals surface area contributed by atoms with E-state index in [1.54, 1.807) is 0 Å². The third-order valence-corrected chi connectivity index (χ3v) is 2.03. The van der Waals surface area contributed by atoms with Gasteiger partial charge in [-0.25, -0.2) is 13.9 Å². The lowest BCUT2D eigenvalue weighted by Crippen LogP contribution is -2.12. The minimum Gasteiger partial charge on any atom is -0.461 e.